The molecule has 0 heterocycles. The number of ether oxygens (including phenoxy) is 1. The van der Waals surface area contributed by atoms with E-state index in [2.05, 4.69) is 5.16 Å². The van der Waals surface area contributed by atoms with Crippen molar-refractivity contribution in [2.45, 2.75) is 20.0 Å². The predicted molar refractivity (Wildman–Crippen MR) is 75.7 cm³/mol. The van der Waals surface area contributed by atoms with E-state index in [-0.39, 0.29) is 12.2 Å². The molecule has 1 N–H and O–H groups in total. The van der Waals surface area contributed by atoms with E-state index < -0.39 is 11.6 Å². The Labute approximate surface area is 121 Å². The van der Waals surface area contributed by atoms with Gasteiger partial charge in [0.2, 0.25) is 0 Å². The van der Waals surface area contributed by atoms with Crippen molar-refractivity contribution in [3.8, 4) is 5.75 Å². The van der Waals surface area contributed by atoms with Crippen LogP contribution >= 0.6 is 0 Å². The van der Waals surface area contributed by atoms with Crippen molar-refractivity contribution in [3.05, 3.63) is 65.2 Å². The van der Waals surface area contributed by atoms with Crippen LogP contribution in [0.3, 0.4) is 0 Å². The summed E-state index contributed by atoms with van der Waals surface area (Å²) >= 11 is 0. The summed E-state index contributed by atoms with van der Waals surface area (Å²) in [4.78, 5) is 0. The zero-order chi connectivity index (χ0) is 15.2. The molecule has 2 aromatic rings. The van der Waals surface area contributed by atoms with Crippen LogP contribution in [0.15, 0.2) is 47.6 Å². The molecule has 0 aliphatic heterocycles. The molecule has 0 atom stereocenters. The zero-order valence-corrected chi connectivity index (χ0v) is 11.5. The Morgan fingerprint density at radius 3 is 2.62 bits per heavy atom. The van der Waals surface area contributed by atoms with E-state index in [1.54, 1.807) is 24.3 Å². The summed E-state index contributed by atoms with van der Waals surface area (Å²) in [5, 5.41) is 12.2. The van der Waals surface area contributed by atoms with Crippen LogP contribution in [0.4, 0.5) is 8.78 Å². The van der Waals surface area contributed by atoms with Crippen molar-refractivity contribution in [2.24, 2.45) is 5.16 Å². The van der Waals surface area contributed by atoms with Crippen LogP contribution in [0.5, 0.6) is 5.75 Å². The van der Waals surface area contributed by atoms with Crippen LogP contribution in [0, 0.1) is 11.6 Å². The van der Waals surface area contributed by atoms with Gasteiger partial charge in [-0.15, -0.1) is 0 Å². The number of oxime groups is 1. The summed E-state index contributed by atoms with van der Waals surface area (Å²) in [6.45, 7) is 1.74. The predicted octanol–water partition coefficient (Wildman–Crippen LogP) is 4.13. The van der Waals surface area contributed by atoms with Gasteiger partial charge in [-0.3, -0.25) is 0 Å². The lowest BCUT2D eigenvalue weighted by molar-refractivity contribution is 0.295. The van der Waals surface area contributed by atoms with Crippen LogP contribution in [-0.2, 0) is 6.61 Å². The maximum Gasteiger partial charge on any atom is 0.165 e. The lowest BCUT2D eigenvalue weighted by Crippen LogP contribution is -2.06. The molecule has 0 aliphatic carbocycles. The highest BCUT2D eigenvalue weighted by molar-refractivity contribution is 6.02. The van der Waals surface area contributed by atoms with Gasteiger partial charge >= 0.3 is 0 Å². The second-order valence-corrected chi connectivity index (χ2v) is 4.40. The first-order valence-corrected chi connectivity index (χ1v) is 6.53. The lowest BCUT2D eigenvalue weighted by Gasteiger charge is -2.12. The fourth-order valence-electron chi connectivity index (χ4n) is 1.96. The second-order valence-electron chi connectivity index (χ2n) is 4.40. The van der Waals surface area contributed by atoms with Gasteiger partial charge in [0, 0.05) is 11.1 Å². The molecule has 0 saturated heterocycles. The van der Waals surface area contributed by atoms with Crippen molar-refractivity contribution in [3.63, 3.8) is 0 Å². The van der Waals surface area contributed by atoms with Crippen LogP contribution in [0.1, 0.15) is 24.5 Å². The molecule has 0 aromatic heterocycles. The molecule has 21 heavy (non-hydrogen) atoms. The molecule has 0 unspecified atom stereocenters. The summed E-state index contributed by atoms with van der Waals surface area (Å²) in [6, 6.07) is 10.9. The Balaban J connectivity index is 2.23. The quantitative estimate of drug-likeness (QED) is 0.511. The molecule has 0 fully saturated rings. The molecule has 5 heteroatoms. The van der Waals surface area contributed by atoms with Gasteiger partial charge in [-0.05, 0) is 24.6 Å². The number of hydrogen-bond donors (Lipinski definition) is 1. The molecule has 0 amide bonds. The molecular formula is C16H15F2NO2. The molecule has 3 nitrogen and oxygen atoms in total. The van der Waals surface area contributed by atoms with E-state index in [0.29, 0.717) is 23.4 Å². The molecule has 0 spiro atoms. The third-order valence-electron chi connectivity index (χ3n) is 3.07. The smallest absolute Gasteiger partial charge is 0.165 e. The summed E-state index contributed by atoms with van der Waals surface area (Å²) < 4.78 is 32.3. The molecule has 0 radical (unpaired) electrons. The SMILES string of the molecule is CC/C(=N\O)c1ccccc1OCc1cccc(F)c1F. The average Bonchev–Trinajstić information content (AvgIpc) is 2.51. The van der Waals surface area contributed by atoms with E-state index >= 15 is 0 Å². The van der Waals surface area contributed by atoms with Crippen LogP contribution in [0.25, 0.3) is 0 Å². The number of nitrogens with zero attached hydrogens (tertiary/aromatic N) is 1. The van der Waals surface area contributed by atoms with Crippen molar-refractivity contribution in [1.82, 2.24) is 0 Å². The zero-order valence-electron chi connectivity index (χ0n) is 11.5. The summed E-state index contributed by atoms with van der Waals surface area (Å²) in [5.74, 6) is -1.37. The van der Waals surface area contributed by atoms with Crippen LogP contribution in [-0.4, -0.2) is 10.9 Å². The first-order chi connectivity index (χ1) is 10.2. The highest BCUT2D eigenvalue weighted by Crippen LogP contribution is 2.22. The molecule has 0 aliphatic rings. The standard InChI is InChI=1S/C16H15F2NO2/c1-2-14(19-20)12-7-3-4-9-15(12)21-10-11-6-5-8-13(17)16(11)18/h3-9,20H,2,10H2,1H3/b19-14+. The van der Waals surface area contributed by atoms with Gasteiger partial charge in [0.05, 0.1) is 5.71 Å². The average molecular weight is 291 g/mol. The van der Waals surface area contributed by atoms with Crippen molar-refractivity contribution < 1.29 is 18.7 Å². The van der Waals surface area contributed by atoms with Crippen LogP contribution in [0.2, 0.25) is 0 Å². The van der Waals surface area contributed by atoms with Gasteiger partial charge in [0.15, 0.2) is 11.6 Å². The largest absolute Gasteiger partial charge is 0.488 e. The van der Waals surface area contributed by atoms with E-state index in [9.17, 15) is 8.78 Å². The maximum absolute atomic E-state index is 13.6. The molecular weight excluding hydrogens is 276 g/mol. The first kappa shape index (κ1) is 15.0. The molecule has 110 valence electrons. The number of benzene rings is 2. The third-order valence-corrected chi connectivity index (χ3v) is 3.07. The Bertz CT molecular complexity index is 656. The number of rotatable bonds is 5. The highest BCUT2D eigenvalue weighted by atomic mass is 19.2. The van der Waals surface area contributed by atoms with Gasteiger partial charge in [-0.2, -0.15) is 0 Å². The fraction of sp³-hybridized carbons (Fsp3) is 0.188. The fourth-order valence-corrected chi connectivity index (χ4v) is 1.96. The number of para-hydroxylation sites is 1. The highest BCUT2D eigenvalue weighted by Gasteiger charge is 2.12. The lowest BCUT2D eigenvalue weighted by atomic mass is 10.1. The molecule has 0 saturated carbocycles. The van der Waals surface area contributed by atoms with Gasteiger partial charge < -0.3 is 9.94 Å². The number of halogens is 2. The summed E-state index contributed by atoms with van der Waals surface area (Å²) in [7, 11) is 0. The normalized spacial score (nSPS) is 11.5. The Morgan fingerprint density at radius 2 is 1.90 bits per heavy atom. The van der Waals surface area contributed by atoms with Crippen molar-refractivity contribution in [1.29, 1.82) is 0 Å². The first-order valence-electron chi connectivity index (χ1n) is 6.53. The van der Waals surface area contributed by atoms with Gasteiger partial charge in [0.1, 0.15) is 12.4 Å². The van der Waals surface area contributed by atoms with Crippen LogP contribution < -0.4 is 4.74 Å². The van der Waals surface area contributed by atoms with Gasteiger partial charge in [0.25, 0.3) is 0 Å². The van der Waals surface area contributed by atoms with Crippen molar-refractivity contribution >= 4 is 5.71 Å². The number of hydrogen-bond acceptors (Lipinski definition) is 3. The molecule has 2 rings (SSSR count). The minimum atomic E-state index is -0.915. The van der Waals surface area contributed by atoms with E-state index in [1.165, 1.54) is 12.1 Å². The maximum atomic E-state index is 13.6. The van der Waals surface area contributed by atoms with E-state index in [4.69, 9.17) is 9.94 Å². The summed E-state index contributed by atoms with van der Waals surface area (Å²) in [5.41, 5.74) is 1.22. The topological polar surface area (TPSA) is 41.8 Å². The Morgan fingerprint density at radius 1 is 1.14 bits per heavy atom. The Hall–Kier alpha value is -2.43. The monoisotopic (exact) mass is 291 g/mol. The van der Waals surface area contributed by atoms with E-state index in [0.717, 1.165) is 6.07 Å². The Kier molecular flexibility index (Phi) is 4.87. The minimum absolute atomic E-state index is 0.108. The minimum Gasteiger partial charge on any atom is -0.488 e. The summed E-state index contributed by atoms with van der Waals surface area (Å²) in [6.07, 6.45) is 0.519. The van der Waals surface area contributed by atoms with E-state index in [1.807, 2.05) is 6.92 Å². The molecule has 2 aromatic carbocycles. The second kappa shape index (κ2) is 6.83. The molecule has 0 bridgehead atoms. The van der Waals surface area contributed by atoms with Gasteiger partial charge in [-0.1, -0.05) is 36.3 Å². The van der Waals surface area contributed by atoms with Gasteiger partial charge in [-0.25, -0.2) is 8.78 Å². The third kappa shape index (κ3) is 3.37. The van der Waals surface area contributed by atoms with Crippen molar-refractivity contribution in [2.75, 3.05) is 0 Å².